The van der Waals surface area contributed by atoms with Crippen LogP contribution in [0.1, 0.15) is 17.3 Å². The molecule has 0 aliphatic heterocycles. The third kappa shape index (κ3) is 4.18. The minimum Gasteiger partial charge on any atom is -0.504 e. The largest absolute Gasteiger partial charge is 0.504 e. The summed E-state index contributed by atoms with van der Waals surface area (Å²) in [5.74, 6) is -3.67. The van der Waals surface area contributed by atoms with Crippen molar-refractivity contribution in [2.75, 3.05) is 0 Å². The molecule has 0 aliphatic rings. The van der Waals surface area contributed by atoms with Gasteiger partial charge in [0.25, 0.3) is 0 Å². The third-order valence-electron chi connectivity index (χ3n) is 1.32. The molecule has 16 heavy (non-hydrogen) atoms. The summed E-state index contributed by atoms with van der Waals surface area (Å²) < 4.78 is 0. The molecule has 0 saturated heterocycles. The van der Waals surface area contributed by atoms with Crippen molar-refractivity contribution in [1.29, 1.82) is 0 Å². The van der Waals surface area contributed by atoms with E-state index in [0.717, 1.165) is 12.1 Å². The first-order valence-electron chi connectivity index (χ1n) is 4.00. The van der Waals surface area contributed by atoms with Crippen molar-refractivity contribution >= 4 is 11.9 Å². The number of rotatable bonds is 1. The number of aromatic hydroxyl groups is 3. The van der Waals surface area contributed by atoms with E-state index in [9.17, 15) is 9.59 Å². The molecule has 7 heteroatoms. The Morgan fingerprint density at radius 3 is 1.69 bits per heavy atom. The van der Waals surface area contributed by atoms with Crippen LogP contribution < -0.4 is 5.73 Å². The zero-order valence-corrected chi connectivity index (χ0v) is 8.34. The molecule has 0 unspecified atom stereocenters. The molecule has 0 fully saturated rings. The van der Waals surface area contributed by atoms with E-state index >= 15 is 0 Å². The Morgan fingerprint density at radius 1 is 1.12 bits per heavy atom. The van der Waals surface area contributed by atoms with Crippen molar-refractivity contribution in [2.24, 2.45) is 5.73 Å². The maximum absolute atomic E-state index is 10.3. The van der Waals surface area contributed by atoms with Gasteiger partial charge in [-0.1, -0.05) is 0 Å². The van der Waals surface area contributed by atoms with E-state index in [0.29, 0.717) is 0 Å². The fraction of sp³-hybridized carbons (Fsp3) is 0.111. The number of primary amides is 1. The molecule has 1 aromatic rings. The lowest BCUT2D eigenvalue weighted by atomic mass is 10.2. The van der Waals surface area contributed by atoms with Crippen molar-refractivity contribution in [3.05, 3.63) is 17.7 Å². The second kappa shape index (κ2) is 5.44. The Hall–Kier alpha value is -2.44. The molecule has 0 radical (unpaired) electrons. The predicted octanol–water partition coefficient (Wildman–Crippen LogP) is -0.00680. The molecule has 6 N–H and O–H groups in total. The average Bonchev–Trinajstić information content (AvgIpc) is 2.12. The Morgan fingerprint density at radius 2 is 1.44 bits per heavy atom. The molecule has 0 bridgehead atoms. The lowest BCUT2D eigenvalue weighted by Crippen LogP contribution is -2.01. The monoisotopic (exact) mass is 229 g/mol. The molecule has 1 rings (SSSR count). The third-order valence-corrected chi connectivity index (χ3v) is 1.32. The number of aromatic carboxylic acids is 1. The van der Waals surface area contributed by atoms with Crippen LogP contribution in [-0.2, 0) is 4.79 Å². The van der Waals surface area contributed by atoms with Crippen molar-refractivity contribution in [1.82, 2.24) is 0 Å². The predicted molar refractivity (Wildman–Crippen MR) is 53.3 cm³/mol. The lowest BCUT2D eigenvalue weighted by Gasteiger charge is -2.01. The van der Waals surface area contributed by atoms with Gasteiger partial charge in [0.05, 0.1) is 5.56 Å². The maximum atomic E-state index is 10.3. The Balaban J connectivity index is 0.000000487. The zero-order chi connectivity index (χ0) is 12.9. The molecule has 1 amide bonds. The van der Waals surface area contributed by atoms with E-state index < -0.39 is 23.2 Å². The van der Waals surface area contributed by atoms with E-state index in [1.54, 1.807) is 0 Å². The minimum absolute atomic E-state index is 0.289. The van der Waals surface area contributed by atoms with Crippen molar-refractivity contribution in [2.45, 2.75) is 6.92 Å². The number of carbonyl (C=O) groups is 2. The summed E-state index contributed by atoms with van der Waals surface area (Å²) in [5.41, 5.74) is 4.18. The van der Waals surface area contributed by atoms with Gasteiger partial charge in [-0.2, -0.15) is 0 Å². The van der Waals surface area contributed by atoms with Crippen molar-refractivity contribution < 1.29 is 30.0 Å². The number of hydrogen-bond donors (Lipinski definition) is 5. The quantitative estimate of drug-likeness (QED) is 0.429. The Labute approximate surface area is 90.4 Å². The zero-order valence-electron chi connectivity index (χ0n) is 8.34. The number of nitrogens with two attached hydrogens (primary N) is 1. The molecular formula is C9H11NO6. The highest BCUT2D eigenvalue weighted by molar-refractivity contribution is 5.89. The summed E-state index contributed by atoms with van der Waals surface area (Å²) in [7, 11) is 0. The molecular weight excluding hydrogens is 218 g/mol. The molecule has 1 aromatic carbocycles. The van der Waals surface area contributed by atoms with Gasteiger partial charge in [-0.15, -0.1) is 0 Å². The summed E-state index contributed by atoms with van der Waals surface area (Å²) in [6.45, 7) is 1.31. The van der Waals surface area contributed by atoms with E-state index in [4.69, 9.17) is 20.4 Å². The molecule has 0 aliphatic carbocycles. The van der Waals surface area contributed by atoms with Crippen LogP contribution in [0, 0.1) is 0 Å². The van der Waals surface area contributed by atoms with Crippen LogP contribution in [0.3, 0.4) is 0 Å². The topological polar surface area (TPSA) is 141 Å². The van der Waals surface area contributed by atoms with Gasteiger partial charge in [0.1, 0.15) is 0 Å². The highest BCUT2D eigenvalue weighted by Gasteiger charge is 2.11. The number of hydrogen-bond acceptors (Lipinski definition) is 5. The van der Waals surface area contributed by atoms with Gasteiger partial charge >= 0.3 is 5.97 Å². The average molecular weight is 229 g/mol. The second-order valence-electron chi connectivity index (χ2n) is 2.78. The van der Waals surface area contributed by atoms with Gasteiger partial charge in [0, 0.05) is 6.92 Å². The smallest absolute Gasteiger partial charge is 0.335 e. The molecule has 0 atom stereocenters. The van der Waals surface area contributed by atoms with Gasteiger partial charge < -0.3 is 26.2 Å². The second-order valence-corrected chi connectivity index (χ2v) is 2.78. The highest BCUT2D eigenvalue weighted by Crippen LogP contribution is 2.35. The molecule has 0 heterocycles. The number of carbonyl (C=O) groups excluding carboxylic acids is 1. The summed E-state index contributed by atoms with van der Waals surface area (Å²) in [6, 6.07) is 1.69. The number of carboxylic acids is 1. The fourth-order valence-corrected chi connectivity index (χ4v) is 0.728. The van der Waals surface area contributed by atoms with Gasteiger partial charge in [-0.05, 0) is 12.1 Å². The maximum Gasteiger partial charge on any atom is 0.335 e. The van der Waals surface area contributed by atoms with Crippen LogP contribution in [0.4, 0.5) is 0 Å². The first-order chi connectivity index (χ1) is 7.25. The first-order valence-corrected chi connectivity index (χ1v) is 4.00. The molecule has 88 valence electrons. The SMILES string of the molecule is CC(N)=O.O=C(O)c1cc(O)c(O)c(O)c1. The van der Waals surface area contributed by atoms with Crippen LogP contribution >= 0.6 is 0 Å². The number of benzene rings is 1. The summed E-state index contributed by atoms with van der Waals surface area (Å²) in [4.78, 5) is 19.5. The van der Waals surface area contributed by atoms with Crippen LogP contribution in [0.5, 0.6) is 17.2 Å². The normalized spacial score (nSPS) is 8.81. The van der Waals surface area contributed by atoms with Crippen LogP contribution in [0.25, 0.3) is 0 Å². The van der Waals surface area contributed by atoms with Crippen LogP contribution in [0.15, 0.2) is 12.1 Å². The van der Waals surface area contributed by atoms with Crippen LogP contribution in [0.2, 0.25) is 0 Å². The fourth-order valence-electron chi connectivity index (χ4n) is 0.728. The number of phenolic OH excluding ortho intramolecular Hbond substituents is 3. The Kier molecular flexibility index (Phi) is 4.61. The van der Waals surface area contributed by atoms with E-state index in [2.05, 4.69) is 5.73 Å². The highest BCUT2D eigenvalue weighted by atomic mass is 16.4. The summed E-state index contributed by atoms with van der Waals surface area (Å²) in [5, 5.41) is 35.0. The summed E-state index contributed by atoms with van der Waals surface area (Å²) in [6.07, 6.45) is 0. The first kappa shape index (κ1) is 13.6. The van der Waals surface area contributed by atoms with Crippen LogP contribution in [-0.4, -0.2) is 32.3 Å². The van der Waals surface area contributed by atoms with Gasteiger partial charge in [-0.25, -0.2) is 4.79 Å². The van der Waals surface area contributed by atoms with Gasteiger partial charge in [0.2, 0.25) is 5.91 Å². The van der Waals surface area contributed by atoms with E-state index in [1.807, 2.05) is 0 Å². The molecule has 0 spiro atoms. The molecule has 7 nitrogen and oxygen atoms in total. The van der Waals surface area contributed by atoms with E-state index in [1.165, 1.54) is 6.92 Å². The number of amides is 1. The molecule has 0 aromatic heterocycles. The van der Waals surface area contributed by atoms with Crippen molar-refractivity contribution in [3.8, 4) is 17.2 Å². The van der Waals surface area contributed by atoms with Crippen molar-refractivity contribution in [3.63, 3.8) is 0 Å². The lowest BCUT2D eigenvalue weighted by molar-refractivity contribution is -0.115. The number of carboxylic acid groups (broad SMARTS) is 1. The Bertz CT molecular complexity index is 387. The van der Waals surface area contributed by atoms with Gasteiger partial charge in [-0.3, -0.25) is 4.79 Å². The number of phenols is 3. The minimum atomic E-state index is -1.29. The van der Waals surface area contributed by atoms with Gasteiger partial charge in [0.15, 0.2) is 17.2 Å². The van der Waals surface area contributed by atoms with E-state index in [-0.39, 0.29) is 11.5 Å². The summed E-state index contributed by atoms with van der Waals surface area (Å²) >= 11 is 0. The molecule has 0 saturated carbocycles. The standard InChI is InChI=1S/C7H6O5.C2H5NO/c8-4-1-3(7(11)12)2-5(9)6(4)10;1-2(3)4/h1-2,8-10H,(H,11,12);1H3,(H2,3,4).